The fourth-order valence-electron chi connectivity index (χ4n) is 4.16. The smallest absolute Gasteiger partial charge is 0.247 e. The van der Waals surface area contributed by atoms with Crippen LogP contribution in [-0.2, 0) is 16.6 Å². The van der Waals surface area contributed by atoms with E-state index >= 15 is 0 Å². The first-order chi connectivity index (χ1) is 12.1. The highest BCUT2D eigenvalue weighted by atomic mass is 16.2. The SMILES string of the molecule is Cn1cncc1[C@H]1[C@H](NC(=O)C2=CCCCC2)CCC(=O)N1C1CC1. The van der Waals surface area contributed by atoms with E-state index in [2.05, 4.69) is 16.4 Å². The molecule has 1 N–H and O–H groups in total. The Hall–Kier alpha value is -2.11. The Morgan fingerprint density at radius 3 is 2.72 bits per heavy atom. The van der Waals surface area contributed by atoms with Crippen molar-refractivity contribution >= 4 is 11.8 Å². The van der Waals surface area contributed by atoms with E-state index in [4.69, 9.17) is 0 Å². The molecule has 2 amide bonds. The van der Waals surface area contributed by atoms with Crippen molar-refractivity contribution in [1.82, 2.24) is 19.8 Å². The zero-order chi connectivity index (χ0) is 17.4. The van der Waals surface area contributed by atoms with Crippen molar-refractivity contribution in [1.29, 1.82) is 0 Å². The molecule has 1 aliphatic heterocycles. The third kappa shape index (κ3) is 3.22. The van der Waals surface area contributed by atoms with Crippen LogP contribution in [0.15, 0.2) is 24.2 Å². The first-order valence-corrected chi connectivity index (χ1v) is 9.42. The van der Waals surface area contributed by atoms with Crippen molar-refractivity contribution in [3.05, 3.63) is 29.9 Å². The lowest BCUT2D eigenvalue weighted by molar-refractivity contribution is -0.140. The monoisotopic (exact) mass is 342 g/mol. The summed E-state index contributed by atoms with van der Waals surface area (Å²) in [7, 11) is 1.95. The summed E-state index contributed by atoms with van der Waals surface area (Å²) < 4.78 is 1.97. The maximum atomic E-state index is 12.7. The number of carbonyl (C=O) groups excluding carboxylic acids is 2. The van der Waals surface area contributed by atoms with Crippen LogP contribution in [0.4, 0.5) is 0 Å². The highest BCUT2D eigenvalue weighted by Crippen LogP contribution is 2.40. The number of piperidine rings is 1. The number of nitrogens with zero attached hydrogens (tertiary/aromatic N) is 3. The Kier molecular flexibility index (Phi) is 4.36. The van der Waals surface area contributed by atoms with E-state index in [1.165, 1.54) is 6.42 Å². The van der Waals surface area contributed by atoms with Crippen LogP contribution in [0.2, 0.25) is 0 Å². The molecule has 1 saturated heterocycles. The van der Waals surface area contributed by atoms with E-state index < -0.39 is 0 Å². The third-order valence-corrected chi connectivity index (χ3v) is 5.63. The predicted octanol–water partition coefficient (Wildman–Crippen LogP) is 2.23. The average Bonchev–Trinajstić information content (AvgIpc) is 3.38. The molecule has 4 rings (SSSR count). The molecule has 6 nitrogen and oxygen atoms in total. The van der Waals surface area contributed by atoms with E-state index in [-0.39, 0.29) is 23.9 Å². The Labute approximate surface area is 148 Å². The van der Waals surface area contributed by atoms with E-state index in [1.807, 2.05) is 22.7 Å². The summed E-state index contributed by atoms with van der Waals surface area (Å²) in [5.41, 5.74) is 1.91. The highest BCUT2D eigenvalue weighted by molar-refractivity contribution is 5.94. The summed E-state index contributed by atoms with van der Waals surface area (Å²) in [5.74, 6) is 0.248. The summed E-state index contributed by atoms with van der Waals surface area (Å²) >= 11 is 0. The normalized spacial score (nSPS) is 27.2. The molecule has 0 radical (unpaired) electrons. The van der Waals surface area contributed by atoms with Crippen LogP contribution < -0.4 is 5.32 Å². The van der Waals surface area contributed by atoms with Gasteiger partial charge in [-0.3, -0.25) is 9.59 Å². The van der Waals surface area contributed by atoms with Crippen LogP contribution in [-0.4, -0.2) is 38.3 Å². The van der Waals surface area contributed by atoms with Gasteiger partial charge in [-0.25, -0.2) is 4.98 Å². The lowest BCUT2D eigenvalue weighted by atomic mass is 9.91. The van der Waals surface area contributed by atoms with Crippen LogP contribution in [0.25, 0.3) is 0 Å². The molecule has 2 fully saturated rings. The zero-order valence-electron chi connectivity index (χ0n) is 14.8. The van der Waals surface area contributed by atoms with Gasteiger partial charge in [0.25, 0.3) is 0 Å². The van der Waals surface area contributed by atoms with E-state index in [9.17, 15) is 9.59 Å². The van der Waals surface area contributed by atoms with Crippen LogP contribution in [0.3, 0.4) is 0 Å². The van der Waals surface area contributed by atoms with Gasteiger partial charge in [-0.2, -0.15) is 0 Å². The third-order valence-electron chi connectivity index (χ3n) is 5.63. The van der Waals surface area contributed by atoms with Crippen LogP contribution in [0.1, 0.15) is 63.1 Å². The minimum Gasteiger partial charge on any atom is -0.347 e. The van der Waals surface area contributed by atoms with Crippen molar-refractivity contribution in [2.24, 2.45) is 7.05 Å². The van der Waals surface area contributed by atoms with Gasteiger partial charge in [-0.05, 0) is 44.9 Å². The fraction of sp³-hybridized carbons (Fsp3) is 0.632. The van der Waals surface area contributed by atoms with Gasteiger partial charge in [-0.1, -0.05) is 6.08 Å². The second kappa shape index (κ2) is 6.65. The first kappa shape index (κ1) is 16.4. The van der Waals surface area contributed by atoms with Gasteiger partial charge < -0.3 is 14.8 Å². The minimum atomic E-state index is -0.116. The fourth-order valence-corrected chi connectivity index (χ4v) is 4.16. The van der Waals surface area contributed by atoms with E-state index in [0.717, 1.165) is 43.4 Å². The zero-order valence-corrected chi connectivity index (χ0v) is 14.8. The summed E-state index contributed by atoms with van der Waals surface area (Å²) in [6.45, 7) is 0. The van der Waals surface area contributed by atoms with Gasteiger partial charge in [0, 0.05) is 25.1 Å². The number of aryl methyl sites for hydroxylation is 1. The van der Waals surface area contributed by atoms with Crippen molar-refractivity contribution in [3.63, 3.8) is 0 Å². The van der Waals surface area contributed by atoms with Crippen molar-refractivity contribution in [2.75, 3.05) is 0 Å². The maximum Gasteiger partial charge on any atom is 0.247 e. The molecule has 2 aliphatic carbocycles. The maximum absolute atomic E-state index is 12.7. The van der Waals surface area contributed by atoms with Gasteiger partial charge >= 0.3 is 0 Å². The quantitative estimate of drug-likeness (QED) is 0.912. The average molecular weight is 342 g/mol. The number of hydrogen-bond acceptors (Lipinski definition) is 3. The molecule has 134 valence electrons. The summed E-state index contributed by atoms with van der Waals surface area (Å²) in [5, 5.41) is 3.25. The van der Waals surface area contributed by atoms with Gasteiger partial charge in [0.15, 0.2) is 0 Å². The number of carbonyl (C=O) groups is 2. The Morgan fingerprint density at radius 1 is 1.24 bits per heavy atom. The van der Waals surface area contributed by atoms with E-state index in [0.29, 0.717) is 18.9 Å². The highest BCUT2D eigenvalue weighted by Gasteiger charge is 2.45. The standard InChI is InChI=1S/C19H26N4O2/c1-22-12-20-11-16(22)18-15(9-10-17(24)23(18)14-7-8-14)21-19(25)13-5-3-2-4-6-13/h5,11-12,14-15,18H,2-4,6-10H2,1H3,(H,21,25)/t15-,18-/m1/s1. The minimum absolute atomic E-state index is 0.0435. The number of aromatic nitrogens is 2. The van der Waals surface area contributed by atoms with Crippen molar-refractivity contribution < 1.29 is 9.59 Å². The molecule has 0 unspecified atom stereocenters. The molecule has 25 heavy (non-hydrogen) atoms. The molecule has 2 atom stereocenters. The number of hydrogen-bond donors (Lipinski definition) is 1. The molecular weight excluding hydrogens is 316 g/mol. The summed E-state index contributed by atoms with van der Waals surface area (Å²) in [6, 6.07) is 0.152. The molecule has 0 spiro atoms. The number of likely N-dealkylation sites (tertiary alicyclic amines) is 1. The molecule has 2 heterocycles. The lowest BCUT2D eigenvalue weighted by Gasteiger charge is -2.42. The Balaban J connectivity index is 1.60. The summed E-state index contributed by atoms with van der Waals surface area (Å²) in [6.07, 6.45) is 13.1. The number of rotatable bonds is 4. The van der Waals surface area contributed by atoms with Gasteiger partial charge in [0.05, 0.1) is 30.3 Å². The number of allylic oxidation sites excluding steroid dienone is 1. The number of imidazole rings is 1. The lowest BCUT2D eigenvalue weighted by Crippen LogP contribution is -2.53. The Morgan fingerprint density at radius 2 is 2.08 bits per heavy atom. The largest absolute Gasteiger partial charge is 0.347 e. The van der Waals surface area contributed by atoms with Gasteiger partial charge in [0.1, 0.15) is 0 Å². The molecule has 3 aliphatic rings. The van der Waals surface area contributed by atoms with Gasteiger partial charge in [0.2, 0.25) is 11.8 Å². The van der Waals surface area contributed by atoms with Crippen LogP contribution >= 0.6 is 0 Å². The molecular formula is C19H26N4O2. The van der Waals surface area contributed by atoms with E-state index in [1.54, 1.807) is 6.33 Å². The number of amides is 2. The molecule has 1 saturated carbocycles. The second-order valence-electron chi connectivity index (χ2n) is 7.50. The second-order valence-corrected chi connectivity index (χ2v) is 7.50. The topological polar surface area (TPSA) is 67.2 Å². The number of nitrogens with one attached hydrogen (secondary N) is 1. The molecule has 0 aromatic carbocycles. The summed E-state index contributed by atoms with van der Waals surface area (Å²) in [4.78, 5) is 31.6. The predicted molar refractivity (Wildman–Crippen MR) is 93.5 cm³/mol. The first-order valence-electron chi connectivity index (χ1n) is 9.42. The van der Waals surface area contributed by atoms with Crippen molar-refractivity contribution in [2.45, 2.75) is 69.5 Å². The van der Waals surface area contributed by atoms with Crippen LogP contribution in [0.5, 0.6) is 0 Å². The molecule has 0 bridgehead atoms. The van der Waals surface area contributed by atoms with Crippen molar-refractivity contribution in [3.8, 4) is 0 Å². The molecule has 6 heteroatoms. The van der Waals surface area contributed by atoms with Gasteiger partial charge in [-0.15, -0.1) is 0 Å². The molecule has 1 aromatic heterocycles. The molecule has 1 aromatic rings. The Bertz CT molecular complexity index is 704. The van der Waals surface area contributed by atoms with Crippen LogP contribution in [0, 0.1) is 0 Å².